The minimum Gasteiger partial charge on any atom is -0.497 e. The van der Waals surface area contributed by atoms with Crippen LogP contribution in [0.2, 0.25) is 0 Å². The normalized spacial score (nSPS) is 14.2. The molecule has 0 bridgehead atoms. The lowest BCUT2D eigenvalue weighted by Crippen LogP contribution is -2.27. The molecule has 2 amide bonds. The van der Waals surface area contributed by atoms with Crippen molar-refractivity contribution in [2.24, 2.45) is 5.92 Å². The molecule has 1 aliphatic rings. The number of hydrogen-bond acceptors (Lipinski definition) is 4. The van der Waals surface area contributed by atoms with E-state index in [9.17, 15) is 9.59 Å². The molecule has 0 radical (unpaired) electrons. The Balaban J connectivity index is 1.72. The van der Waals surface area contributed by atoms with Crippen LogP contribution in [0.3, 0.4) is 0 Å². The Hall–Kier alpha value is -3.02. The van der Waals surface area contributed by atoms with Crippen LogP contribution >= 0.6 is 0 Å². The van der Waals surface area contributed by atoms with Gasteiger partial charge < -0.3 is 20.1 Å². The molecule has 142 valence electrons. The van der Waals surface area contributed by atoms with Crippen LogP contribution in [0.1, 0.15) is 41.7 Å². The number of benzene rings is 2. The average molecular weight is 368 g/mol. The molecule has 0 saturated heterocycles. The van der Waals surface area contributed by atoms with Crippen molar-refractivity contribution in [2.45, 2.75) is 25.8 Å². The fraction of sp³-hybridized carbons (Fsp3) is 0.333. The Morgan fingerprint density at radius 3 is 2.52 bits per heavy atom. The van der Waals surface area contributed by atoms with Crippen molar-refractivity contribution in [3.63, 3.8) is 0 Å². The smallest absolute Gasteiger partial charge is 0.251 e. The molecule has 2 aromatic carbocycles. The summed E-state index contributed by atoms with van der Waals surface area (Å²) in [5, 5.41) is 5.83. The summed E-state index contributed by atoms with van der Waals surface area (Å²) < 4.78 is 10.7. The van der Waals surface area contributed by atoms with Crippen molar-refractivity contribution in [2.75, 3.05) is 19.5 Å². The van der Waals surface area contributed by atoms with Crippen LogP contribution in [0.25, 0.3) is 0 Å². The van der Waals surface area contributed by atoms with E-state index in [1.165, 1.54) is 0 Å². The third-order valence-corrected chi connectivity index (χ3v) is 4.59. The molecule has 27 heavy (non-hydrogen) atoms. The molecular formula is C21H24N2O4. The first-order chi connectivity index (χ1) is 13.0. The molecular weight excluding hydrogens is 344 g/mol. The number of carbonyl (C=O) groups excluding carboxylic acids is 2. The summed E-state index contributed by atoms with van der Waals surface area (Å²) >= 11 is 0. The fourth-order valence-electron chi connectivity index (χ4n) is 2.86. The summed E-state index contributed by atoms with van der Waals surface area (Å²) in [4.78, 5) is 24.6. The van der Waals surface area contributed by atoms with Gasteiger partial charge in [0.1, 0.15) is 11.5 Å². The quantitative estimate of drug-likeness (QED) is 0.784. The zero-order valence-electron chi connectivity index (χ0n) is 15.7. The first-order valence-electron chi connectivity index (χ1n) is 8.95. The molecule has 3 rings (SSSR count). The maximum atomic E-state index is 12.7. The number of amides is 2. The van der Waals surface area contributed by atoms with Gasteiger partial charge in [-0.05, 0) is 56.2 Å². The average Bonchev–Trinajstić information content (AvgIpc) is 3.53. The lowest BCUT2D eigenvalue weighted by Gasteiger charge is -2.18. The number of anilines is 1. The maximum absolute atomic E-state index is 12.7. The number of nitrogens with one attached hydrogen (secondary N) is 2. The Morgan fingerprint density at radius 2 is 1.85 bits per heavy atom. The van der Waals surface area contributed by atoms with E-state index < -0.39 is 0 Å². The summed E-state index contributed by atoms with van der Waals surface area (Å²) in [6, 6.07) is 12.1. The van der Waals surface area contributed by atoms with Gasteiger partial charge >= 0.3 is 0 Å². The van der Waals surface area contributed by atoms with Crippen LogP contribution in [0, 0.1) is 5.92 Å². The monoisotopic (exact) mass is 368 g/mol. The third-order valence-electron chi connectivity index (χ3n) is 4.59. The predicted octanol–water partition coefficient (Wildman–Crippen LogP) is 3.54. The van der Waals surface area contributed by atoms with Gasteiger partial charge in [-0.2, -0.15) is 0 Å². The standard InChI is InChI=1S/C21H24N2O4/c1-13(18-12-17(26-2)9-10-19(18)27-3)22-21(25)15-5-4-6-16(11-15)23-20(24)14-7-8-14/h4-6,9-14H,7-8H2,1-3H3,(H,22,25)(H,23,24). The molecule has 0 spiro atoms. The molecule has 0 aliphatic heterocycles. The van der Waals surface area contributed by atoms with Gasteiger partial charge in [0.15, 0.2) is 0 Å². The second kappa shape index (κ2) is 8.12. The first-order valence-corrected chi connectivity index (χ1v) is 8.95. The molecule has 6 heteroatoms. The maximum Gasteiger partial charge on any atom is 0.251 e. The molecule has 1 saturated carbocycles. The van der Waals surface area contributed by atoms with Crippen LogP contribution in [0.4, 0.5) is 5.69 Å². The van der Waals surface area contributed by atoms with Crippen molar-refractivity contribution in [1.82, 2.24) is 5.32 Å². The Kier molecular flexibility index (Phi) is 5.64. The Labute approximate surface area is 158 Å². The highest BCUT2D eigenvalue weighted by Crippen LogP contribution is 2.31. The summed E-state index contributed by atoms with van der Waals surface area (Å²) in [5.41, 5.74) is 1.94. The largest absolute Gasteiger partial charge is 0.497 e. The molecule has 2 N–H and O–H groups in total. The number of carbonyl (C=O) groups is 2. The molecule has 0 heterocycles. The van der Waals surface area contributed by atoms with Gasteiger partial charge in [0.05, 0.1) is 20.3 Å². The molecule has 1 atom stereocenters. The van der Waals surface area contributed by atoms with Crippen LogP contribution in [0.5, 0.6) is 11.5 Å². The predicted molar refractivity (Wildman–Crippen MR) is 103 cm³/mol. The van der Waals surface area contributed by atoms with E-state index >= 15 is 0 Å². The van der Waals surface area contributed by atoms with E-state index in [4.69, 9.17) is 9.47 Å². The second-order valence-corrected chi connectivity index (χ2v) is 6.65. The van der Waals surface area contributed by atoms with Crippen molar-refractivity contribution >= 4 is 17.5 Å². The van der Waals surface area contributed by atoms with E-state index in [0.717, 1.165) is 18.4 Å². The number of hydrogen-bond donors (Lipinski definition) is 2. The highest BCUT2D eigenvalue weighted by atomic mass is 16.5. The van der Waals surface area contributed by atoms with Gasteiger partial charge in [-0.15, -0.1) is 0 Å². The van der Waals surface area contributed by atoms with Gasteiger partial charge in [-0.3, -0.25) is 9.59 Å². The van der Waals surface area contributed by atoms with E-state index in [1.54, 1.807) is 38.5 Å². The molecule has 1 aliphatic carbocycles. The Morgan fingerprint density at radius 1 is 1.07 bits per heavy atom. The second-order valence-electron chi connectivity index (χ2n) is 6.65. The minimum absolute atomic E-state index is 0.0158. The zero-order valence-corrected chi connectivity index (χ0v) is 15.7. The van der Waals surface area contributed by atoms with E-state index in [2.05, 4.69) is 10.6 Å². The third kappa shape index (κ3) is 4.58. The van der Waals surface area contributed by atoms with Crippen molar-refractivity contribution in [3.8, 4) is 11.5 Å². The summed E-state index contributed by atoms with van der Waals surface area (Å²) in [6.45, 7) is 1.88. The Bertz CT molecular complexity index is 846. The lowest BCUT2D eigenvalue weighted by atomic mass is 10.1. The number of ether oxygens (including phenoxy) is 2. The van der Waals surface area contributed by atoms with E-state index in [-0.39, 0.29) is 23.8 Å². The van der Waals surface area contributed by atoms with Gasteiger partial charge in [0.2, 0.25) is 5.91 Å². The van der Waals surface area contributed by atoms with Gasteiger partial charge in [-0.25, -0.2) is 0 Å². The molecule has 1 fully saturated rings. The van der Waals surface area contributed by atoms with Gasteiger partial charge in [0.25, 0.3) is 5.91 Å². The zero-order chi connectivity index (χ0) is 19.4. The number of rotatable bonds is 7. The van der Waals surface area contributed by atoms with Crippen LogP contribution in [-0.4, -0.2) is 26.0 Å². The van der Waals surface area contributed by atoms with Crippen molar-refractivity contribution < 1.29 is 19.1 Å². The number of methoxy groups -OCH3 is 2. The van der Waals surface area contributed by atoms with Crippen LogP contribution in [-0.2, 0) is 4.79 Å². The molecule has 6 nitrogen and oxygen atoms in total. The first kappa shape index (κ1) is 18.8. The van der Waals surface area contributed by atoms with Crippen LogP contribution < -0.4 is 20.1 Å². The van der Waals surface area contributed by atoms with E-state index in [1.807, 2.05) is 25.1 Å². The molecule has 2 aromatic rings. The van der Waals surface area contributed by atoms with Crippen LogP contribution in [0.15, 0.2) is 42.5 Å². The van der Waals surface area contributed by atoms with Crippen molar-refractivity contribution in [3.05, 3.63) is 53.6 Å². The minimum atomic E-state index is -0.285. The summed E-state index contributed by atoms with van der Waals surface area (Å²) in [7, 11) is 3.18. The molecule has 1 unspecified atom stereocenters. The van der Waals surface area contributed by atoms with Crippen molar-refractivity contribution in [1.29, 1.82) is 0 Å². The van der Waals surface area contributed by atoms with Gasteiger partial charge in [-0.1, -0.05) is 6.07 Å². The highest BCUT2D eigenvalue weighted by molar-refractivity contribution is 5.98. The lowest BCUT2D eigenvalue weighted by molar-refractivity contribution is -0.117. The van der Waals surface area contributed by atoms with Gasteiger partial charge in [0, 0.05) is 22.7 Å². The summed E-state index contributed by atoms with van der Waals surface area (Å²) in [6.07, 6.45) is 1.87. The summed E-state index contributed by atoms with van der Waals surface area (Å²) in [5.74, 6) is 1.27. The topological polar surface area (TPSA) is 76.7 Å². The molecule has 0 aromatic heterocycles. The highest BCUT2D eigenvalue weighted by Gasteiger charge is 2.29. The fourth-order valence-corrected chi connectivity index (χ4v) is 2.86. The van der Waals surface area contributed by atoms with E-state index in [0.29, 0.717) is 22.7 Å². The SMILES string of the molecule is COc1ccc(OC)c(C(C)NC(=O)c2cccc(NC(=O)C3CC3)c2)c1.